The number of H-pyrrole nitrogens is 1. The van der Waals surface area contributed by atoms with E-state index in [2.05, 4.69) is 9.97 Å². The highest BCUT2D eigenvalue weighted by atomic mass is 32.1. The highest BCUT2D eigenvalue weighted by molar-refractivity contribution is 7.14. The average molecular weight is 345 g/mol. The Bertz CT molecular complexity index is 771. The van der Waals surface area contributed by atoms with Crippen LogP contribution in [0.1, 0.15) is 50.8 Å². The van der Waals surface area contributed by atoms with Crippen molar-refractivity contribution in [2.45, 2.75) is 51.1 Å². The lowest BCUT2D eigenvalue weighted by Crippen LogP contribution is -2.48. The molecule has 2 aromatic heterocycles. The molecule has 0 unspecified atom stereocenters. The number of rotatable bonds is 2. The molecular formula is C17H19N3O3S. The number of nitrogens with zero attached hydrogens (tertiary/aromatic N) is 2. The number of fused-ring (bicyclic) bond motifs is 2. The number of carbonyl (C=O) groups is 2. The maximum Gasteiger partial charge on any atom is 0.326 e. The van der Waals surface area contributed by atoms with Crippen molar-refractivity contribution >= 4 is 23.2 Å². The zero-order valence-corrected chi connectivity index (χ0v) is 14.1. The van der Waals surface area contributed by atoms with E-state index in [4.69, 9.17) is 0 Å². The van der Waals surface area contributed by atoms with Crippen molar-refractivity contribution in [3.63, 3.8) is 0 Å². The molecule has 0 aromatic carbocycles. The van der Waals surface area contributed by atoms with Gasteiger partial charge in [-0.1, -0.05) is 6.42 Å². The normalized spacial score (nSPS) is 20.2. The van der Waals surface area contributed by atoms with Gasteiger partial charge in [-0.2, -0.15) is 0 Å². The summed E-state index contributed by atoms with van der Waals surface area (Å²) in [6.07, 6.45) is 7.43. The standard InChI is InChI=1S/C17H19N3O3S/c21-16(15-6-10-4-2-1-3-5-14(10)24-15)20-8-12-11(18-9-19-12)7-13(20)17(22)23/h6,9,13H,1-5,7-8H2,(H,18,19)(H,22,23)/t13-/m1/s1. The van der Waals surface area contributed by atoms with E-state index in [0.717, 1.165) is 30.7 Å². The number of carbonyl (C=O) groups excluding carboxylic acids is 1. The minimum atomic E-state index is -0.977. The molecule has 0 spiro atoms. The van der Waals surface area contributed by atoms with Gasteiger partial charge < -0.3 is 15.0 Å². The molecule has 2 aromatic rings. The lowest BCUT2D eigenvalue weighted by molar-refractivity contribution is -0.142. The van der Waals surface area contributed by atoms with E-state index in [1.54, 1.807) is 6.33 Å². The predicted molar refractivity (Wildman–Crippen MR) is 89.2 cm³/mol. The van der Waals surface area contributed by atoms with Crippen LogP contribution in [0.5, 0.6) is 0 Å². The Hall–Kier alpha value is -2.15. The number of aromatic amines is 1. The van der Waals surface area contributed by atoms with Gasteiger partial charge in [-0.25, -0.2) is 9.78 Å². The largest absolute Gasteiger partial charge is 0.480 e. The molecule has 7 heteroatoms. The predicted octanol–water partition coefficient (Wildman–Crippen LogP) is 2.39. The van der Waals surface area contributed by atoms with Crippen LogP contribution in [0.3, 0.4) is 0 Å². The first kappa shape index (κ1) is 15.4. The molecule has 2 N–H and O–H groups in total. The monoisotopic (exact) mass is 345 g/mol. The Labute approximate surface area is 143 Å². The van der Waals surface area contributed by atoms with Crippen molar-refractivity contribution in [3.05, 3.63) is 39.1 Å². The third-order valence-electron chi connectivity index (χ3n) is 4.90. The summed E-state index contributed by atoms with van der Waals surface area (Å²) in [6, 6.07) is 1.13. The summed E-state index contributed by atoms with van der Waals surface area (Å²) in [5, 5.41) is 9.54. The van der Waals surface area contributed by atoms with Gasteiger partial charge in [0.05, 0.1) is 29.1 Å². The lowest BCUT2D eigenvalue weighted by atomic mass is 10.0. The van der Waals surface area contributed by atoms with Crippen molar-refractivity contribution in [1.82, 2.24) is 14.9 Å². The molecular weight excluding hydrogens is 326 g/mol. The van der Waals surface area contributed by atoms with Crippen LogP contribution < -0.4 is 0 Å². The van der Waals surface area contributed by atoms with E-state index >= 15 is 0 Å². The van der Waals surface area contributed by atoms with E-state index < -0.39 is 12.0 Å². The quantitative estimate of drug-likeness (QED) is 0.818. The second-order valence-corrected chi connectivity index (χ2v) is 7.58. The Morgan fingerprint density at radius 2 is 2.12 bits per heavy atom. The van der Waals surface area contributed by atoms with Crippen LogP contribution in [-0.2, 0) is 30.6 Å². The molecule has 24 heavy (non-hydrogen) atoms. The van der Waals surface area contributed by atoms with Crippen LogP contribution in [0.25, 0.3) is 0 Å². The smallest absolute Gasteiger partial charge is 0.326 e. The number of thiophene rings is 1. The highest BCUT2D eigenvalue weighted by Crippen LogP contribution is 2.31. The van der Waals surface area contributed by atoms with Crippen molar-refractivity contribution in [2.75, 3.05) is 0 Å². The summed E-state index contributed by atoms with van der Waals surface area (Å²) < 4.78 is 0. The molecule has 2 aliphatic rings. The van der Waals surface area contributed by atoms with Crippen molar-refractivity contribution in [2.24, 2.45) is 0 Å². The number of hydrogen-bond donors (Lipinski definition) is 2. The van der Waals surface area contributed by atoms with Gasteiger partial charge >= 0.3 is 5.97 Å². The van der Waals surface area contributed by atoms with Crippen molar-refractivity contribution in [1.29, 1.82) is 0 Å². The summed E-state index contributed by atoms with van der Waals surface area (Å²) in [4.78, 5) is 35.2. The number of aliphatic carboxylic acids is 1. The minimum Gasteiger partial charge on any atom is -0.480 e. The van der Waals surface area contributed by atoms with Gasteiger partial charge in [0.2, 0.25) is 0 Å². The number of aryl methyl sites for hydroxylation is 2. The van der Waals surface area contributed by atoms with Crippen LogP contribution >= 0.6 is 11.3 Å². The number of nitrogens with one attached hydrogen (secondary N) is 1. The summed E-state index contributed by atoms with van der Waals surface area (Å²) in [5.74, 6) is -1.16. The fourth-order valence-electron chi connectivity index (χ4n) is 3.58. The average Bonchev–Trinajstić information content (AvgIpc) is 3.14. The molecule has 1 amide bonds. The zero-order chi connectivity index (χ0) is 16.7. The second-order valence-electron chi connectivity index (χ2n) is 6.44. The fraction of sp³-hybridized carbons (Fsp3) is 0.471. The molecule has 4 rings (SSSR count). The van der Waals surface area contributed by atoms with Gasteiger partial charge in [0.15, 0.2) is 0 Å². The van der Waals surface area contributed by atoms with Crippen LogP contribution in [-0.4, -0.2) is 37.9 Å². The summed E-state index contributed by atoms with van der Waals surface area (Å²) >= 11 is 1.54. The Morgan fingerprint density at radius 3 is 2.96 bits per heavy atom. The first-order chi connectivity index (χ1) is 11.6. The van der Waals surface area contributed by atoms with E-state index in [1.165, 1.54) is 39.5 Å². The van der Waals surface area contributed by atoms with Gasteiger partial charge in [-0.3, -0.25) is 4.79 Å². The second kappa shape index (κ2) is 6.05. The number of imidazole rings is 1. The Morgan fingerprint density at radius 1 is 1.29 bits per heavy atom. The molecule has 126 valence electrons. The molecule has 0 saturated heterocycles. The van der Waals surface area contributed by atoms with Gasteiger partial charge in [-0.15, -0.1) is 11.3 Å². The number of aromatic nitrogens is 2. The van der Waals surface area contributed by atoms with Crippen molar-refractivity contribution < 1.29 is 14.7 Å². The van der Waals surface area contributed by atoms with Crippen LogP contribution in [0.4, 0.5) is 0 Å². The molecule has 1 atom stereocenters. The number of amides is 1. The minimum absolute atomic E-state index is 0.180. The van der Waals surface area contributed by atoms with Crippen LogP contribution in [0, 0.1) is 0 Å². The fourth-order valence-corrected chi connectivity index (χ4v) is 4.79. The molecule has 1 aliphatic carbocycles. The number of carboxylic acid groups (broad SMARTS) is 1. The van der Waals surface area contributed by atoms with E-state index in [9.17, 15) is 14.7 Å². The van der Waals surface area contributed by atoms with E-state index in [1.807, 2.05) is 6.07 Å². The molecule has 0 bridgehead atoms. The van der Waals surface area contributed by atoms with E-state index in [0.29, 0.717) is 4.88 Å². The lowest BCUT2D eigenvalue weighted by Gasteiger charge is -2.32. The SMILES string of the molecule is O=C(O)[C@H]1Cc2nc[nH]c2CN1C(=O)c1cc2c(s1)CCCCC2. The first-order valence-corrected chi connectivity index (χ1v) is 9.11. The third-order valence-corrected chi connectivity index (χ3v) is 6.13. The zero-order valence-electron chi connectivity index (χ0n) is 13.2. The molecule has 1 aliphatic heterocycles. The summed E-state index contributed by atoms with van der Waals surface area (Å²) in [5.41, 5.74) is 2.85. The van der Waals surface area contributed by atoms with Gasteiger partial charge in [-0.05, 0) is 37.3 Å². The molecule has 3 heterocycles. The molecule has 0 saturated carbocycles. The van der Waals surface area contributed by atoms with Gasteiger partial charge in [0.25, 0.3) is 5.91 Å². The number of hydrogen-bond acceptors (Lipinski definition) is 4. The maximum absolute atomic E-state index is 13.0. The van der Waals surface area contributed by atoms with Gasteiger partial charge in [0.1, 0.15) is 6.04 Å². The third kappa shape index (κ3) is 2.62. The van der Waals surface area contributed by atoms with Crippen LogP contribution in [0.2, 0.25) is 0 Å². The topological polar surface area (TPSA) is 86.3 Å². The highest BCUT2D eigenvalue weighted by Gasteiger charge is 2.37. The molecule has 0 fully saturated rings. The van der Waals surface area contributed by atoms with Crippen LogP contribution in [0.15, 0.2) is 12.4 Å². The van der Waals surface area contributed by atoms with E-state index in [-0.39, 0.29) is 18.9 Å². The maximum atomic E-state index is 13.0. The molecule has 6 nitrogen and oxygen atoms in total. The number of carboxylic acids is 1. The summed E-state index contributed by atoms with van der Waals surface area (Å²) in [7, 11) is 0. The first-order valence-electron chi connectivity index (χ1n) is 8.30. The Kier molecular flexibility index (Phi) is 3.88. The summed E-state index contributed by atoms with van der Waals surface area (Å²) in [6.45, 7) is 0.272. The van der Waals surface area contributed by atoms with Gasteiger partial charge in [0, 0.05) is 11.3 Å². The molecule has 0 radical (unpaired) electrons. The van der Waals surface area contributed by atoms with Crippen molar-refractivity contribution in [3.8, 4) is 0 Å². The Balaban J connectivity index is 1.64.